The highest BCUT2D eigenvalue weighted by atomic mass is 19.4. The van der Waals surface area contributed by atoms with Gasteiger partial charge in [0.1, 0.15) is 0 Å². The second kappa shape index (κ2) is 4.54. The molecule has 1 atom stereocenters. The summed E-state index contributed by atoms with van der Waals surface area (Å²) in [7, 11) is 1.82. The van der Waals surface area contributed by atoms with Crippen LogP contribution in [0.25, 0.3) is 0 Å². The highest BCUT2D eigenvalue weighted by Crippen LogP contribution is 2.38. The fourth-order valence-corrected chi connectivity index (χ4v) is 2.64. The van der Waals surface area contributed by atoms with E-state index >= 15 is 0 Å². The Hall–Kier alpha value is -1.98. The fourth-order valence-electron chi connectivity index (χ4n) is 2.64. The monoisotopic (exact) mass is 281 g/mol. The van der Waals surface area contributed by atoms with Gasteiger partial charge in [0.2, 0.25) is 0 Å². The van der Waals surface area contributed by atoms with Gasteiger partial charge >= 0.3 is 6.18 Å². The minimum absolute atomic E-state index is 0.0523. The number of alkyl halides is 3. The number of rotatable bonds is 2. The lowest BCUT2D eigenvalue weighted by Gasteiger charge is -2.15. The number of halogens is 3. The third-order valence-electron chi connectivity index (χ3n) is 3.59. The summed E-state index contributed by atoms with van der Waals surface area (Å²) in [5, 5.41) is 7.38. The Balaban J connectivity index is 1.84. The summed E-state index contributed by atoms with van der Waals surface area (Å²) in [6, 6.07) is 4.05. The Morgan fingerprint density at radius 3 is 2.80 bits per heavy atom. The van der Waals surface area contributed by atoms with Crippen LogP contribution in [0.1, 0.15) is 29.2 Å². The van der Waals surface area contributed by atoms with Gasteiger partial charge in [-0.05, 0) is 36.1 Å². The van der Waals surface area contributed by atoms with Crippen molar-refractivity contribution in [1.82, 2.24) is 9.78 Å². The zero-order chi connectivity index (χ0) is 14.3. The van der Waals surface area contributed by atoms with E-state index in [0.29, 0.717) is 6.42 Å². The minimum Gasteiger partial charge on any atom is -0.376 e. The standard InChI is InChI=1S/C14H14F3N3/c1-20-8-11(7-18-20)19-13-5-2-9-6-10(14(15,16)17)3-4-12(9)13/h3-4,6-8,13,19H,2,5H2,1H3. The predicted molar refractivity (Wildman–Crippen MR) is 69.3 cm³/mol. The predicted octanol–water partition coefficient (Wildman–Crippen LogP) is 3.54. The Morgan fingerprint density at radius 2 is 2.15 bits per heavy atom. The van der Waals surface area contributed by atoms with Gasteiger partial charge in [-0.3, -0.25) is 4.68 Å². The van der Waals surface area contributed by atoms with E-state index < -0.39 is 11.7 Å². The van der Waals surface area contributed by atoms with Gasteiger partial charge in [-0.1, -0.05) is 6.07 Å². The lowest BCUT2D eigenvalue weighted by Crippen LogP contribution is -2.08. The molecule has 2 aromatic rings. The number of nitrogens with one attached hydrogen (secondary N) is 1. The highest BCUT2D eigenvalue weighted by molar-refractivity contribution is 5.47. The van der Waals surface area contributed by atoms with Crippen molar-refractivity contribution in [3.63, 3.8) is 0 Å². The van der Waals surface area contributed by atoms with Crippen molar-refractivity contribution in [3.05, 3.63) is 47.3 Å². The lowest BCUT2D eigenvalue weighted by atomic mass is 10.0. The molecule has 3 nitrogen and oxygen atoms in total. The van der Waals surface area contributed by atoms with E-state index in [1.54, 1.807) is 16.9 Å². The minimum atomic E-state index is -4.27. The zero-order valence-electron chi connectivity index (χ0n) is 10.9. The average Bonchev–Trinajstić information content (AvgIpc) is 2.95. The smallest absolute Gasteiger partial charge is 0.376 e. The van der Waals surface area contributed by atoms with Crippen molar-refractivity contribution in [2.75, 3.05) is 5.32 Å². The lowest BCUT2D eigenvalue weighted by molar-refractivity contribution is -0.137. The molecule has 1 aromatic heterocycles. The van der Waals surface area contributed by atoms with Crippen LogP contribution in [0.2, 0.25) is 0 Å². The SMILES string of the molecule is Cn1cc(NC2CCc3cc(C(F)(F)F)ccc32)cn1. The summed E-state index contributed by atoms with van der Waals surface area (Å²) in [5.74, 6) is 0. The molecule has 20 heavy (non-hydrogen) atoms. The summed E-state index contributed by atoms with van der Waals surface area (Å²) in [4.78, 5) is 0. The molecule has 106 valence electrons. The molecule has 1 heterocycles. The van der Waals surface area contributed by atoms with E-state index in [0.717, 1.165) is 29.3 Å². The maximum Gasteiger partial charge on any atom is 0.416 e. The maximum absolute atomic E-state index is 12.7. The molecule has 1 aliphatic carbocycles. The van der Waals surface area contributed by atoms with Crippen LogP contribution in [0.15, 0.2) is 30.6 Å². The molecule has 0 spiro atoms. The van der Waals surface area contributed by atoms with Gasteiger partial charge in [0, 0.05) is 13.2 Å². The van der Waals surface area contributed by atoms with Gasteiger partial charge in [-0.25, -0.2) is 0 Å². The van der Waals surface area contributed by atoms with E-state index in [9.17, 15) is 13.2 Å². The van der Waals surface area contributed by atoms with Crippen LogP contribution in [0.5, 0.6) is 0 Å². The molecule has 0 aliphatic heterocycles. The van der Waals surface area contributed by atoms with Crippen molar-refractivity contribution >= 4 is 5.69 Å². The summed E-state index contributed by atoms with van der Waals surface area (Å²) in [6.45, 7) is 0. The van der Waals surface area contributed by atoms with E-state index in [1.807, 2.05) is 13.2 Å². The quantitative estimate of drug-likeness (QED) is 0.912. The first-order valence-corrected chi connectivity index (χ1v) is 6.39. The largest absolute Gasteiger partial charge is 0.416 e. The Morgan fingerprint density at radius 1 is 1.35 bits per heavy atom. The summed E-state index contributed by atoms with van der Waals surface area (Å²) in [5.41, 5.74) is 2.03. The Kier molecular flexibility index (Phi) is 2.96. The van der Waals surface area contributed by atoms with Crippen LogP contribution < -0.4 is 5.32 Å². The van der Waals surface area contributed by atoms with Crippen LogP contribution in [0, 0.1) is 0 Å². The van der Waals surface area contributed by atoms with Crippen molar-refractivity contribution in [2.24, 2.45) is 7.05 Å². The average molecular weight is 281 g/mol. The van der Waals surface area contributed by atoms with Crippen molar-refractivity contribution in [2.45, 2.75) is 25.1 Å². The second-order valence-corrected chi connectivity index (χ2v) is 5.05. The molecule has 1 unspecified atom stereocenters. The topological polar surface area (TPSA) is 29.9 Å². The van der Waals surface area contributed by atoms with Crippen LogP contribution in [0.3, 0.4) is 0 Å². The number of fused-ring (bicyclic) bond motifs is 1. The first-order valence-electron chi connectivity index (χ1n) is 6.39. The molecule has 0 amide bonds. The fraction of sp³-hybridized carbons (Fsp3) is 0.357. The summed E-state index contributed by atoms with van der Waals surface area (Å²) in [6.07, 6.45) is 0.747. The second-order valence-electron chi connectivity index (χ2n) is 5.05. The Bertz CT molecular complexity index is 631. The molecule has 6 heteroatoms. The number of benzene rings is 1. The van der Waals surface area contributed by atoms with E-state index in [2.05, 4.69) is 10.4 Å². The van der Waals surface area contributed by atoms with Gasteiger partial charge in [0.25, 0.3) is 0 Å². The molecule has 3 rings (SSSR count). The normalized spacial score (nSPS) is 18.1. The first-order chi connectivity index (χ1) is 9.43. The molecule has 1 aromatic carbocycles. The van der Waals surface area contributed by atoms with Crippen molar-refractivity contribution in [1.29, 1.82) is 0 Å². The van der Waals surface area contributed by atoms with Gasteiger partial charge in [0.05, 0.1) is 23.5 Å². The molecule has 0 bridgehead atoms. The zero-order valence-corrected chi connectivity index (χ0v) is 10.9. The number of aryl methyl sites for hydroxylation is 2. The van der Waals surface area contributed by atoms with E-state index in [1.165, 1.54) is 6.07 Å². The molecule has 0 fully saturated rings. The third-order valence-corrected chi connectivity index (χ3v) is 3.59. The van der Waals surface area contributed by atoms with E-state index in [4.69, 9.17) is 0 Å². The molecule has 0 saturated heterocycles. The number of nitrogens with zero attached hydrogens (tertiary/aromatic N) is 2. The molecule has 0 radical (unpaired) electrons. The van der Waals surface area contributed by atoms with Crippen LogP contribution in [0.4, 0.5) is 18.9 Å². The molecule has 1 N–H and O–H groups in total. The number of hydrogen-bond donors (Lipinski definition) is 1. The maximum atomic E-state index is 12.7. The van der Waals surface area contributed by atoms with Crippen molar-refractivity contribution < 1.29 is 13.2 Å². The number of hydrogen-bond acceptors (Lipinski definition) is 2. The van der Waals surface area contributed by atoms with Crippen LogP contribution in [-0.2, 0) is 19.6 Å². The third kappa shape index (κ3) is 2.37. The van der Waals surface area contributed by atoms with Gasteiger partial charge in [-0.15, -0.1) is 0 Å². The van der Waals surface area contributed by atoms with Gasteiger partial charge < -0.3 is 5.32 Å². The van der Waals surface area contributed by atoms with E-state index in [-0.39, 0.29) is 6.04 Å². The Labute approximate surface area is 114 Å². The van der Waals surface area contributed by atoms with Crippen LogP contribution >= 0.6 is 0 Å². The summed E-state index contributed by atoms with van der Waals surface area (Å²) >= 11 is 0. The first kappa shape index (κ1) is 13.0. The highest BCUT2D eigenvalue weighted by Gasteiger charge is 2.32. The molecular formula is C14H14F3N3. The number of anilines is 1. The summed E-state index contributed by atoms with van der Waals surface area (Å²) < 4.78 is 39.7. The number of aromatic nitrogens is 2. The molecule has 0 saturated carbocycles. The van der Waals surface area contributed by atoms with Crippen molar-refractivity contribution in [3.8, 4) is 0 Å². The molecular weight excluding hydrogens is 267 g/mol. The molecule has 1 aliphatic rings. The van der Waals surface area contributed by atoms with Crippen LogP contribution in [-0.4, -0.2) is 9.78 Å². The van der Waals surface area contributed by atoms with Gasteiger partial charge in [0.15, 0.2) is 0 Å². The van der Waals surface area contributed by atoms with Gasteiger partial charge in [-0.2, -0.15) is 18.3 Å².